The summed E-state index contributed by atoms with van der Waals surface area (Å²) in [5, 5.41) is 2.88. The Labute approximate surface area is 155 Å². The van der Waals surface area contributed by atoms with E-state index in [2.05, 4.69) is 5.32 Å². The number of hydrogen-bond acceptors (Lipinski definition) is 3. The van der Waals surface area contributed by atoms with Gasteiger partial charge < -0.3 is 5.32 Å². The number of nitrogens with one attached hydrogen (secondary N) is 1. The molecule has 2 aromatic rings. The minimum absolute atomic E-state index is 0.176. The highest BCUT2D eigenvalue weighted by atomic mass is 32.2. The van der Waals surface area contributed by atoms with Crippen molar-refractivity contribution in [3.8, 4) is 0 Å². The van der Waals surface area contributed by atoms with Crippen molar-refractivity contribution in [2.45, 2.75) is 37.6 Å². The molecule has 2 aromatic carbocycles. The van der Waals surface area contributed by atoms with Crippen molar-refractivity contribution < 1.29 is 13.2 Å². The van der Waals surface area contributed by atoms with Gasteiger partial charge in [-0.1, -0.05) is 35.4 Å². The van der Waals surface area contributed by atoms with Crippen LogP contribution in [0.4, 0.5) is 0 Å². The summed E-state index contributed by atoms with van der Waals surface area (Å²) < 4.78 is 27.4. The fraction of sp³-hybridized carbons (Fsp3) is 0.350. The standard InChI is InChI=1S/C20H24N2O3S/c1-15-5-9-17(10-6-15)20(23)21-14-18-4-3-13-22(18)26(24,25)19-11-7-16(2)8-12-19/h5-12,18H,3-4,13-14H2,1-2H3,(H,21,23)/t18-/m0/s1. The quantitative estimate of drug-likeness (QED) is 0.878. The lowest BCUT2D eigenvalue weighted by Gasteiger charge is -2.24. The van der Waals surface area contributed by atoms with Crippen LogP contribution in [0.1, 0.15) is 34.3 Å². The smallest absolute Gasteiger partial charge is 0.251 e. The summed E-state index contributed by atoms with van der Waals surface area (Å²) in [6, 6.07) is 14.0. The summed E-state index contributed by atoms with van der Waals surface area (Å²) in [6.45, 7) is 4.70. The first kappa shape index (κ1) is 18.6. The van der Waals surface area contributed by atoms with Crippen LogP contribution in [0.25, 0.3) is 0 Å². The summed E-state index contributed by atoms with van der Waals surface area (Å²) >= 11 is 0. The Bertz CT molecular complexity index is 874. The van der Waals surface area contributed by atoms with Gasteiger partial charge in [0.05, 0.1) is 4.90 Å². The van der Waals surface area contributed by atoms with Crippen molar-refractivity contribution in [2.75, 3.05) is 13.1 Å². The molecule has 1 saturated heterocycles. The summed E-state index contributed by atoms with van der Waals surface area (Å²) in [7, 11) is -3.54. The molecular weight excluding hydrogens is 348 g/mol. The van der Waals surface area contributed by atoms with Crippen LogP contribution < -0.4 is 5.32 Å². The summed E-state index contributed by atoms with van der Waals surface area (Å²) in [5.74, 6) is -0.176. The highest BCUT2D eigenvalue weighted by Crippen LogP contribution is 2.26. The molecule has 3 rings (SSSR count). The lowest BCUT2D eigenvalue weighted by Crippen LogP contribution is -2.43. The predicted molar refractivity (Wildman–Crippen MR) is 102 cm³/mol. The molecule has 0 aromatic heterocycles. The molecular formula is C20H24N2O3S. The van der Waals surface area contributed by atoms with Gasteiger partial charge in [0.2, 0.25) is 10.0 Å². The predicted octanol–water partition coefficient (Wildman–Crippen LogP) is 2.89. The van der Waals surface area contributed by atoms with E-state index in [1.54, 1.807) is 36.4 Å². The van der Waals surface area contributed by atoms with E-state index in [1.165, 1.54) is 4.31 Å². The van der Waals surface area contributed by atoms with Gasteiger partial charge in [-0.15, -0.1) is 0 Å². The Morgan fingerprint density at radius 1 is 1.04 bits per heavy atom. The maximum Gasteiger partial charge on any atom is 0.251 e. The second-order valence-electron chi connectivity index (χ2n) is 6.80. The number of amides is 1. The zero-order valence-electron chi connectivity index (χ0n) is 15.1. The van der Waals surface area contributed by atoms with E-state index < -0.39 is 10.0 Å². The number of rotatable bonds is 5. The molecule has 26 heavy (non-hydrogen) atoms. The Hall–Kier alpha value is -2.18. The number of carbonyl (C=O) groups is 1. The van der Waals surface area contributed by atoms with Crippen LogP contribution in [0.5, 0.6) is 0 Å². The molecule has 1 aliphatic heterocycles. The molecule has 1 fully saturated rings. The zero-order valence-corrected chi connectivity index (χ0v) is 15.9. The van der Waals surface area contributed by atoms with Crippen molar-refractivity contribution in [1.29, 1.82) is 0 Å². The first-order valence-corrected chi connectivity index (χ1v) is 10.3. The first-order valence-electron chi connectivity index (χ1n) is 8.81. The topological polar surface area (TPSA) is 66.5 Å². The largest absolute Gasteiger partial charge is 0.350 e. The third-order valence-corrected chi connectivity index (χ3v) is 6.73. The SMILES string of the molecule is Cc1ccc(C(=O)NC[C@@H]2CCCN2S(=O)(=O)c2ccc(C)cc2)cc1. The number of carbonyl (C=O) groups excluding carboxylic acids is 1. The number of hydrogen-bond donors (Lipinski definition) is 1. The number of sulfonamides is 1. The minimum atomic E-state index is -3.54. The number of benzene rings is 2. The Balaban J connectivity index is 1.69. The van der Waals surface area contributed by atoms with Gasteiger partial charge >= 0.3 is 0 Å². The molecule has 1 N–H and O–H groups in total. The van der Waals surface area contributed by atoms with E-state index in [9.17, 15) is 13.2 Å². The molecule has 5 nitrogen and oxygen atoms in total. The van der Waals surface area contributed by atoms with Crippen LogP contribution in [0.15, 0.2) is 53.4 Å². The van der Waals surface area contributed by atoms with Crippen molar-refractivity contribution in [2.24, 2.45) is 0 Å². The number of aryl methyl sites for hydroxylation is 2. The van der Waals surface area contributed by atoms with Crippen LogP contribution in [-0.4, -0.2) is 37.8 Å². The van der Waals surface area contributed by atoms with E-state index in [4.69, 9.17) is 0 Å². The highest BCUT2D eigenvalue weighted by molar-refractivity contribution is 7.89. The normalized spacial score (nSPS) is 18.0. The van der Waals surface area contributed by atoms with Crippen LogP contribution in [0.2, 0.25) is 0 Å². The summed E-state index contributed by atoms with van der Waals surface area (Å²) in [4.78, 5) is 12.6. The molecule has 1 atom stereocenters. The van der Waals surface area contributed by atoms with Gasteiger partial charge in [-0.3, -0.25) is 4.79 Å². The molecule has 6 heteroatoms. The Morgan fingerprint density at radius 2 is 1.62 bits per heavy atom. The van der Waals surface area contributed by atoms with E-state index in [0.717, 1.165) is 24.0 Å². The van der Waals surface area contributed by atoms with Crippen molar-refractivity contribution in [1.82, 2.24) is 9.62 Å². The molecule has 0 unspecified atom stereocenters. The van der Waals surface area contributed by atoms with Gasteiger partial charge in [-0.25, -0.2) is 8.42 Å². The van der Waals surface area contributed by atoms with Gasteiger partial charge in [0.15, 0.2) is 0 Å². The minimum Gasteiger partial charge on any atom is -0.350 e. The molecule has 0 aliphatic carbocycles. The maximum atomic E-state index is 12.9. The Morgan fingerprint density at radius 3 is 2.23 bits per heavy atom. The second-order valence-corrected chi connectivity index (χ2v) is 8.69. The third-order valence-electron chi connectivity index (χ3n) is 4.76. The van der Waals surface area contributed by atoms with Crippen LogP contribution in [-0.2, 0) is 10.0 Å². The van der Waals surface area contributed by atoms with Crippen molar-refractivity contribution in [3.63, 3.8) is 0 Å². The van der Waals surface area contributed by atoms with Crippen molar-refractivity contribution >= 4 is 15.9 Å². The first-order chi connectivity index (χ1) is 12.4. The molecule has 1 amide bonds. The van der Waals surface area contributed by atoms with E-state index >= 15 is 0 Å². The van der Waals surface area contributed by atoms with Crippen LogP contribution in [0, 0.1) is 13.8 Å². The average Bonchev–Trinajstić information content (AvgIpc) is 3.10. The van der Waals surface area contributed by atoms with Gasteiger partial charge in [-0.2, -0.15) is 4.31 Å². The van der Waals surface area contributed by atoms with Crippen LogP contribution >= 0.6 is 0 Å². The van der Waals surface area contributed by atoms with Gasteiger partial charge in [-0.05, 0) is 51.0 Å². The maximum absolute atomic E-state index is 12.9. The molecule has 1 aliphatic rings. The molecule has 0 bridgehead atoms. The number of nitrogens with zero attached hydrogens (tertiary/aromatic N) is 1. The van der Waals surface area contributed by atoms with Crippen molar-refractivity contribution in [3.05, 3.63) is 65.2 Å². The van der Waals surface area contributed by atoms with Gasteiger partial charge in [0.25, 0.3) is 5.91 Å². The molecule has 0 radical (unpaired) electrons. The summed E-state index contributed by atoms with van der Waals surface area (Å²) in [5.41, 5.74) is 2.70. The third kappa shape index (κ3) is 3.97. The second kappa shape index (κ2) is 7.60. The van der Waals surface area contributed by atoms with E-state index in [0.29, 0.717) is 23.5 Å². The lowest BCUT2D eigenvalue weighted by molar-refractivity contribution is 0.0946. The average molecular weight is 372 g/mol. The molecule has 0 spiro atoms. The van der Waals surface area contributed by atoms with E-state index in [-0.39, 0.29) is 11.9 Å². The zero-order chi connectivity index (χ0) is 18.7. The monoisotopic (exact) mass is 372 g/mol. The van der Waals surface area contributed by atoms with Gasteiger partial charge in [0.1, 0.15) is 0 Å². The highest BCUT2D eigenvalue weighted by Gasteiger charge is 2.35. The van der Waals surface area contributed by atoms with Crippen LogP contribution in [0.3, 0.4) is 0 Å². The fourth-order valence-corrected chi connectivity index (χ4v) is 4.89. The van der Waals surface area contributed by atoms with E-state index in [1.807, 2.05) is 26.0 Å². The summed E-state index contributed by atoms with van der Waals surface area (Å²) in [6.07, 6.45) is 1.55. The molecule has 1 heterocycles. The van der Waals surface area contributed by atoms with Gasteiger partial charge in [0, 0.05) is 24.7 Å². The molecule has 0 saturated carbocycles. The molecule has 138 valence electrons. The lowest BCUT2D eigenvalue weighted by atomic mass is 10.1. The Kier molecular flexibility index (Phi) is 5.44. The fourth-order valence-electron chi connectivity index (χ4n) is 3.19.